The minimum absolute atomic E-state index is 0.00618. The fraction of sp³-hybridized carbons (Fsp3) is 0.462. The average Bonchev–Trinajstić information content (AvgIpc) is 3.00. The first-order valence-corrected chi connectivity index (χ1v) is 6.61. The summed E-state index contributed by atoms with van der Waals surface area (Å²) in [5.74, 6) is 0.262. The van der Waals surface area contributed by atoms with Crippen molar-refractivity contribution >= 4 is 17.3 Å². The summed E-state index contributed by atoms with van der Waals surface area (Å²) in [4.78, 5) is 22.0. The van der Waals surface area contributed by atoms with Crippen LogP contribution < -0.4 is 4.74 Å². The van der Waals surface area contributed by atoms with Crippen LogP contribution in [0, 0.1) is 10.1 Å². The molecule has 8 nitrogen and oxygen atoms in total. The van der Waals surface area contributed by atoms with Gasteiger partial charge in [0.2, 0.25) is 6.04 Å². The average molecular weight is 295 g/mol. The van der Waals surface area contributed by atoms with Crippen LogP contribution >= 0.6 is 0 Å². The molecule has 0 aromatic carbocycles. The quantitative estimate of drug-likeness (QED) is 0.486. The third-order valence-corrected chi connectivity index (χ3v) is 3.51. The molecular formula is C13H13NO7. The maximum absolute atomic E-state index is 11.6. The summed E-state index contributed by atoms with van der Waals surface area (Å²) in [6.07, 6.45) is 1.95. The molecular weight excluding hydrogens is 282 g/mol. The van der Waals surface area contributed by atoms with E-state index in [9.17, 15) is 14.9 Å². The van der Waals surface area contributed by atoms with Crippen molar-refractivity contribution in [1.82, 2.24) is 0 Å². The lowest BCUT2D eigenvalue weighted by atomic mass is 9.93. The number of nitrogens with zero attached hydrogens (tertiary/aromatic N) is 1. The molecule has 1 aliphatic rings. The van der Waals surface area contributed by atoms with E-state index < -0.39 is 12.2 Å². The van der Waals surface area contributed by atoms with Gasteiger partial charge in [0.1, 0.15) is 6.10 Å². The van der Waals surface area contributed by atoms with Crippen molar-refractivity contribution in [3.8, 4) is 5.95 Å². The van der Waals surface area contributed by atoms with Crippen molar-refractivity contribution in [2.24, 2.45) is 0 Å². The van der Waals surface area contributed by atoms with E-state index in [2.05, 4.69) is 0 Å². The van der Waals surface area contributed by atoms with Crippen LogP contribution in [-0.2, 0) is 4.74 Å². The van der Waals surface area contributed by atoms with E-state index >= 15 is 0 Å². The number of ether oxygens (including phenoxy) is 2. The number of hydrogen-bond acceptors (Lipinski definition) is 7. The number of furan rings is 2. The van der Waals surface area contributed by atoms with Crippen molar-refractivity contribution in [3.63, 3.8) is 0 Å². The molecule has 0 amide bonds. The van der Waals surface area contributed by atoms with E-state index in [-0.39, 0.29) is 22.8 Å². The minimum atomic E-state index is -0.879. The van der Waals surface area contributed by atoms with E-state index in [0.717, 1.165) is 0 Å². The maximum atomic E-state index is 11.6. The fourth-order valence-electron chi connectivity index (χ4n) is 2.41. The topological polar surface area (TPSA) is 105 Å². The highest BCUT2D eigenvalue weighted by molar-refractivity contribution is 5.74. The van der Waals surface area contributed by atoms with Crippen LogP contribution in [0.3, 0.4) is 0 Å². The third-order valence-electron chi connectivity index (χ3n) is 3.51. The molecule has 0 unspecified atom stereocenters. The number of carbonyl (C=O) groups excluding carboxylic acids is 1. The highest BCUT2D eigenvalue weighted by atomic mass is 16.8. The monoisotopic (exact) mass is 295 g/mol. The molecule has 0 N–H and O–H groups in total. The largest absolute Gasteiger partial charge is 0.516 e. The predicted molar refractivity (Wildman–Crippen MR) is 68.6 cm³/mol. The number of rotatable bonds is 3. The van der Waals surface area contributed by atoms with Gasteiger partial charge in [-0.25, -0.2) is 4.79 Å². The van der Waals surface area contributed by atoms with Crippen molar-refractivity contribution in [2.75, 3.05) is 0 Å². The van der Waals surface area contributed by atoms with Gasteiger partial charge in [0.05, 0.1) is 11.6 Å². The zero-order valence-corrected chi connectivity index (χ0v) is 11.0. The van der Waals surface area contributed by atoms with Crippen LogP contribution in [0.15, 0.2) is 27.2 Å². The second-order valence-electron chi connectivity index (χ2n) is 4.91. The summed E-state index contributed by atoms with van der Waals surface area (Å²) in [7, 11) is 0. The van der Waals surface area contributed by atoms with Gasteiger partial charge in [-0.3, -0.25) is 10.1 Å². The Balaban J connectivity index is 1.50. The number of nitro groups is 1. The molecule has 0 saturated heterocycles. The molecule has 3 rings (SSSR count). The summed E-state index contributed by atoms with van der Waals surface area (Å²) in [5, 5.41) is 11.3. The van der Waals surface area contributed by atoms with Gasteiger partial charge in [0.25, 0.3) is 11.7 Å². The molecule has 112 valence electrons. The van der Waals surface area contributed by atoms with Gasteiger partial charge in [-0.05, 0) is 18.9 Å². The molecule has 0 radical (unpaired) electrons. The van der Waals surface area contributed by atoms with Gasteiger partial charge < -0.3 is 18.3 Å². The molecule has 2 aromatic heterocycles. The molecule has 0 aliphatic heterocycles. The lowest BCUT2D eigenvalue weighted by molar-refractivity contribution is -0.527. The maximum Gasteiger partial charge on any atom is 0.516 e. The van der Waals surface area contributed by atoms with Crippen LogP contribution in [0.1, 0.15) is 25.7 Å². The molecule has 0 bridgehead atoms. The molecule has 0 atom stereocenters. The van der Waals surface area contributed by atoms with Crippen molar-refractivity contribution in [2.45, 2.75) is 37.8 Å². The summed E-state index contributed by atoms with van der Waals surface area (Å²) in [6, 6.07) is 2.65. The molecule has 1 aliphatic carbocycles. The van der Waals surface area contributed by atoms with Crippen LogP contribution in [0.25, 0.3) is 11.2 Å². The third kappa shape index (κ3) is 2.99. The number of fused-ring (bicyclic) bond motifs is 1. The van der Waals surface area contributed by atoms with Crippen LogP contribution in [0.4, 0.5) is 4.79 Å². The van der Waals surface area contributed by atoms with Gasteiger partial charge in [-0.15, -0.1) is 0 Å². The van der Waals surface area contributed by atoms with E-state index in [0.29, 0.717) is 31.1 Å². The second kappa shape index (κ2) is 5.47. The molecule has 2 heterocycles. The first-order chi connectivity index (χ1) is 10.1. The Morgan fingerprint density at radius 1 is 1.33 bits per heavy atom. The summed E-state index contributed by atoms with van der Waals surface area (Å²) < 4.78 is 20.2. The SMILES string of the molecule is O=C(Oc1cc2ccoc2o1)OC1CCC([N+](=O)[O-])CC1. The smallest absolute Gasteiger partial charge is 0.433 e. The van der Waals surface area contributed by atoms with E-state index in [1.807, 2.05) is 0 Å². The molecule has 2 aromatic rings. The molecule has 21 heavy (non-hydrogen) atoms. The standard InChI is InChI=1S/C13H13NO7/c15-13(19-10-3-1-9(2-4-10)14(16)17)21-11-7-8-5-6-18-12(8)20-11/h5-7,9-10H,1-4H2. The first kappa shape index (κ1) is 13.5. The molecule has 1 saturated carbocycles. The Labute approximate surface area is 118 Å². The molecule has 8 heteroatoms. The van der Waals surface area contributed by atoms with Crippen LogP contribution in [0.2, 0.25) is 0 Å². The van der Waals surface area contributed by atoms with Crippen LogP contribution in [-0.4, -0.2) is 23.2 Å². The van der Waals surface area contributed by atoms with Gasteiger partial charge >= 0.3 is 6.16 Å². The fourth-order valence-corrected chi connectivity index (χ4v) is 2.41. The Bertz CT molecular complexity index is 622. The van der Waals surface area contributed by atoms with Gasteiger partial charge in [-0.1, -0.05) is 0 Å². The first-order valence-electron chi connectivity index (χ1n) is 6.61. The highest BCUT2D eigenvalue weighted by Gasteiger charge is 2.30. The van der Waals surface area contributed by atoms with Crippen LogP contribution in [0.5, 0.6) is 5.95 Å². The van der Waals surface area contributed by atoms with E-state index in [1.165, 1.54) is 12.3 Å². The predicted octanol–water partition coefficient (Wildman–Crippen LogP) is 3.13. The normalized spacial score (nSPS) is 22.1. The van der Waals surface area contributed by atoms with Gasteiger partial charge in [0.15, 0.2) is 0 Å². The van der Waals surface area contributed by atoms with Crippen molar-refractivity contribution < 1.29 is 28.0 Å². The minimum Gasteiger partial charge on any atom is -0.433 e. The highest BCUT2D eigenvalue weighted by Crippen LogP contribution is 2.27. The van der Waals surface area contributed by atoms with Crippen molar-refractivity contribution in [1.29, 1.82) is 0 Å². The van der Waals surface area contributed by atoms with E-state index in [1.54, 1.807) is 6.07 Å². The Morgan fingerprint density at radius 2 is 2.10 bits per heavy atom. The zero-order valence-electron chi connectivity index (χ0n) is 11.0. The molecule has 1 fully saturated rings. The number of hydrogen-bond donors (Lipinski definition) is 0. The van der Waals surface area contributed by atoms with Gasteiger partial charge in [0, 0.05) is 23.8 Å². The Hall–Kier alpha value is -2.51. The number of carbonyl (C=O) groups is 1. The van der Waals surface area contributed by atoms with Gasteiger partial charge in [-0.2, -0.15) is 0 Å². The molecule has 0 spiro atoms. The lowest BCUT2D eigenvalue weighted by Gasteiger charge is -2.23. The van der Waals surface area contributed by atoms with Crippen molar-refractivity contribution in [3.05, 3.63) is 28.5 Å². The Kier molecular flexibility index (Phi) is 3.51. The summed E-state index contributed by atoms with van der Waals surface area (Å²) >= 11 is 0. The lowest BCUT2D eigenvalue weighted by Crippen LogP contribution is -2.31. The summed E-state index contributed by atoms with van der Waals surface area (Å²) in [6.45, 7) is 0. The zero-order chi connectivity index (χ0) is 14.8. The van der Waals surface area contributed by atoms with E-state index in [4.69, 9.17) is 18.3 Å². The Morgan fingerprint density at radius 3 is 2.76 bits per heavy atom. The summed E-state index contributed by atoms with van der Waals surface area (Å²) in [5.41, 5.74) is 0. The second-order valence-corrected chi connectivity index (χ2v) is 4.91.